The summed E-state index contributed by atoms with van der Waals surface area (Å²) in [6, 6.07) is 96.9. The van der Waals surface area contributed by atoms with Crippen LogP contribution in [0.15, 0.2) is 316 Å². The van der Waals surface area contributed by atoms with E-state index in [9.17, 15) is 42.7 Å². The monoisotopic (exact) mass is 2060 g/mol. The second-order valence-corrected chi connectivity index (χ2v) is 40.4. The number of aromatic nitrogens is 5. The lowest BCUT2D eigenvalue weighted by Gasteiger charge is -2.31. The van der Waals surface area contributed by atoms with Crippen LogP contribution in [0.2, 0.25) is 25.1 Å². The quantitative estimate of drug-likeness (QED) is 0.0400. The van der Waals surface area contributed by atoms with Crippen LogP contribution in [0.4, 0.5) is 4.39 Å². The van der Waals surface area contributed by atoms with Crippen LogP contribution in [-0.4, -0.2) is 169 Å². The lowest BCUT2D eigenvalue weighted by Crippen LogP contribution is -2.44. The third-order valence-electron chi connectivity index (χ3n) is 28.5. The molecule has 0 bridgehead atoms. The van der Waals surface area contributed by atoms with Crippen molar-refractivity contribution in [3.8, 4) is 5.75 Å². The Morgan fingerprint density at radius 3 is 0.939 bits per heavy atom. The van der Waals surface area contributed by atoms with Crippen molar-refractivity contribution in [1.82, 2.24) is 64.1 Å². The van der Waals surface area contributed by atoms with Gasteiger partial charge in [-0.15, -0.1) is 0 Å². The van der Waals surface area contributed by atoms with Gasteiger partial charge < -0.3 is 63.9 Å². The zero-order valence-electron chi connectivity index (χ0n) is 81.5. The molecule has 0 radical (unpaired) electrons. The first-order valence-electron chi connectivity index (χ1n) is 50.3. The molecule has 0 saturated carbocycles. The molecule has 8 amide bonds. The maximum absolute atomic E-state index is 13.7. The van der Waals surface area contributed by atoms with E-state index in [1.165, 1.54) is 17.7 Å². The molecule has 4 fully saturated rings. The Hall–Kier alpha value is -14.3. The van der Waals surface area contributed by atoms with Gasteiger partial charge in [-0.3, -0.25) is 43.3 Å². The molecule has 5 aliphatic heterocycles. The van der Waals surface area contributed by atoms with Crippen molar-refractivity contribution < 1.29 is 47.5 Å². The Balaban J connectivity index is 0.000000128. The first kappa shape index (κ1) is 103. The number of halogens is 6. The second kappa shape index (κ2) is 48.8. The lowest BCUT2D eigenvalue weighted by atomic mass is 9.95. The average Bonchev–Trinajstić information content (AvgIpc) is 1.64. The van der Waals surface area contributed by atoms with E-state index in [2.05, 4.69) is 56.7 Å². The number of ether oxygens (including phenoxy) is 1. The van der Waals surface area contributed by atoms with E-state index >= 15 is 0 Å². The summed E-state index contributed by atoms with van der Waals surface area (Å²) in [6.07, 6.45) is 10.2. The zero-order valence-corrected chi connectivity index (χ0v) is 85.2. The molecular weight excluding hydrogens is 1950 g/mol. The standard InChI is InChI=1S/C30H29Cl2N3O2.C30H29ClN4O3.C30H30ClN3O2.C29H27ClFN3O2/c31-25-9-5-21(6-10-25)13-16-33-29(36)23-14-17-34(18-15-23)30(37)28-19-24-3-1-2-4-27(24)35(28)20-22-7-11-26(32)12-8-22;31-24-7-5-20(6-8-24)18-35-26-4-2-1-3-22(26)15-27(35)30(37)34-13-10-21(11-14-34)29(36)33-16-23-19-38-28-17-32-12-9-25(23)28;31-26-12-10-23(11-13-26)21-34-27-9-5-4-8-25(27)20-28(34)30(36)33-18-15-24(16-19-33)29(35)32-17-14-22-6-2-1-3-7-22;30-24-10-8-20(9-11-24)19-34-26-7-2-1-5-23(26)17-27(34)29(36)33-14-12-22(13-15-33)28(35)32-18-21-4-3-6-25(31)16-21/h1-12,19,23H,13-18,20H2,(H,33,36);1-9,12,15,17,21,23H,10-11,13-14,16,18-19H2,(H,33,36);1-13,20,24H,14-19,21H2,(H,32,35);1-11,16-17,22H,12-15,18-19H2,(H,32,35). The van der Waals surface area contributed by atoms with Gasteiger partial charge in [0.1, 0.15) is 34.3 Å². The number of carbonyl (C=O) groups excluding carboxylic acids is 8. The van der Waals surface area contributed by atoms with Crippen LogP contribution in [0.25, 0.3) is 43.6 Å². The van der Waals surface area contributed by atoms with Gasteiger partial charge in [-0.05, 0) is 231 Å². The van der Waals surface area contributed by atoms with Crippen molar-refractivity contribution in [2.75, 3.05) is 78.6 Å². The predicted molar refractivity (Wildman–Crippen MR) is 580 cm³/mol. The number of rotatable bonds is 26. The van der Waals surface area contributed by atoms with Crippen molar-refractivity contribution in [2.45, 2.75) is 103 Å². The van der Waals surface area contributed by atoms with Crippen LogP contribution < -0.4 is 26.0 Å². The summed E-state index contributed by atoms with van der Waals surface area (Å²) in [5.74, 6) is 0.387. The molecular formula is C119H115Cl5FN13O9. The molecule has 147 heavy (non-hydrogen) atoms. The van der Waals surface area contributed by atoms with Gasteiger partial charge in [-0.1, -0.05) is 234 Å². The summed E-state index contributed by atoms with van der Waals surface area (Å²) in [4.78, 5) is 117. The Bertz CT molecular complexity index is 7330. The van der Waals surface area contributed by atoms with E-state index in [1.54, 1.807) is 24.5 Å². The van der Waals surface area contributed by atoms with Crippen LogP contribution in [0.1, 0.15) is 144 Å². The van der Waals surface area contributed by atoms with Crippen LogP contribution in [0, 0.1) is 29.5 Å². The van der Waals surface area contributed by atoms with E-state index in [0.717, 1.165) is 101 Å². The van der Waals surface area contributed by atoms with Crippen LogP contribution >= 0.6 is 58.0 Å². The highest BCUT2D eigenvalue weighted by Crippen LogP contribution is 2.36. The number of carbonyl (C=O) groups is 8. The Morgan fingerprint density at radius 2 is 0.605 bits per heavy atom. The van der Waals surface area contributed by atoms with Crippen molar-refractivity contribution in [3.05, 3.63) is 414 Å². The molecule has 4 saturated heterocycles. The maximum Gasteiger partial charge on any atom is 0.270 e. The van der Waals surface area contributed by atoms with Crippen molar-refractivity contribution in [3.63, 3.8) is 0 Å². The third kappa shape index (κ3) is 26.0. The second-order valence-electron chi connectivity index (χ2n) is 38.2. The Labute approximate surface area is 879 Å². The fraction of sp³-hybridized carbons (Fsp3) is 0.269. The molecule has 28 heteroatoms. The fourth-order valence-electron chi connectivity index (χ4n) is 20.2. The number of hydrogen-bond donors (Lipinski definition) is 4. The molecule has 5 aromatic heterocycles. The molecule has 1 atom stereocenters. The normalized spacial score (nSPS) is 15.0. The molecule has 0 aliphatic carbocycles. The van der Waals surface area contributed by atoms with E-state index in [4.69, 9.17) is 62.7 Å². The largest absolute Gasteiger partial charge is 0.491 e. The lowest BCUT2D eigenvalue weighted by molar-refractivity contribution is -0.127. The summed E-state index contributed by atoms with van der Waals surface area (Å²) in [7, 11) is 0. The van der Waals surface area contributed by atoms with Crippen molar-refractivity contribution in [1.29, 1.82) is 0 Å². The SMILES string of the molecule is O=C(NCC1COc2cnccc21)C1CCN(C(=O)c2cc3ccccc3n2Cc2ccc(Cl)cc2)CC1.O=C(NCCc1ccc(Cl)cc1)C1CCN(C(=O)c2cc3ccccc3n2Cc2ccc(Cl)cc2)CC1.O=C(NCCc1ccccc1)C1CCN(C(=O)c2cc3ccccc3n2Cc2ccc(Cl)cc2)CC1.O=C(NCc1cccc(F)c1)C1CCN(C(=O)c2cc3ccccc3n2Cc2ccc(Cl)cc2)CC1. The van der Waals surface area contributed by atoms with Gasteiger partial charge in [0.15, 0.2) is 0 Å². The van der Waals surface area contributed by atoms with Crippen LogP contribution in [-0.2, 0) is 64.7 Å². The third-order valence-corrected chi connectivity index (χ3v) is 29.8. The fourth-order valence-corrected chi connectivity index (χ4v) is 20.9. The summed E-state index contributed by atoms with van der Waals surface area (Å²) in [5, 5.41) is 19.7. The van der Waals surface area contributed by atoms with Gasteiger partial charge >= 0.3 is 0 Å². The number of nitrogens with one attached hydrogen (secondary N) is 4. The zero-order chi connectivity index (χ0) is 102. The van der Waals surface area contributed by atoms with Gasteiger partial charge in [-0.2, -0.15) is 0 Å². The highest BCUT2D eigenvalue weighted by Gasteiger charge is 2.36. The maximum atomic E-state index is 13.7. The Morgan fingerprint density at radius 1 is 0.313 bits per heavy atom. The molecule has 22 nitrogen and oxygen atoms in total. The topological polar surface area (TPSA) is 239 Å². The van der Waals surface area contributed by atoms with Gasteiger partial charge in [-0.25, -0.2) is 4.39 Å². The summed E-state index contributed by atoms with van der Waals surface area (Å²) in [5.41, 5.74) is 15.2. The van der Waals surface area contributed by atoms with Crippen LogP contribution in [0.5, 0.6) is 5.75 Å². The first-order chi connectivity index (χ1) is 71.6. The summed E-state index contributed by atoms with van der Waals surface area (Å²) < 4.78 is 27.4. The highest BCUT2D eigenvalue weighted by molar-refractivity contribution is 6.32. The van der Waals surface area contributed by atoms with E-state index in [1.807, 2.05) is 287 Å². The van der Waals surface area contributed by atoms with E-state index < -0.39 is 0 Å². The van der Waals surface area contributed by atoms with E-state index in [-0.39, 0.29) is 82.7 Å². The van der Waals surface area contributed by atoms with Crippen molar-refractivity contribution >= 4 is 149 Å². The van der Waals surface area contributed by atoms with Crippen LogP contribution in [0.3, 0.4) is 0 Å². The molecule has 1 unspecified atom stereocenters. The molecule has 11 aromatic carbocycles. The Kier molecular flexibility index (Phi) is 34.1. The van der Waals surface area contributed by atoms with Gasteiger partial charge in [0.05, 0.1) is 12.8 Å². The molecule has 10 heterocycles. The number of nitrogens with zero attached hydrogens (tertiary/aromatic N) is 9. The highest BCUT2D eigenvalue weighted by atomic mass is 35.5. The van der Waals surface area contributed by atoms with Gasteiger partial charge in [0, 0.05) is 215 Å². The number of benzene rings is 11. The molecule has 16 aromatic rings. The summed E-state index contributed by atoms with van der Waals surface area (Å²) >= 11 is 30.2. The number of piperidine rings is 4. The smallest absolute Gasteiger partial charge is 0.270 e. The molecule has 752 valence electrons. The first-order valence-corrected chi connectivity index (χ1v) is 52.2. The number of para-hydroxylation sites is 4. The van der Waals surface area contributed by atoms with Crippen molar-refractivity contribution in [2.24, 2.45) is 23.7 Å². The minimum atomic E-state index is -0.318. The minimum absolute atomic E-state index is 0.00217. The average molecular weight is 2070 g/mol. The predicted octanol–water partition coefficient (Wildman–Crippen LogP) is 22.3. The number of pyridine rings is 1. The number of fused-ring (bicyclic) bond motifs is 5. The summed E-state index contributed by atoms with van der Waals surface area (Å²) in [6.45, 7) is 9.35. The number of amides is 8. The molecule has 5 aliphatic rings. The van der Waals surface area contributed by atoms with Gasteiger partial charge in [0.2, 0.25) is 23.6 Å². The molecule has 0 spiro atoms. The van der Waals surface area contributed by atoms with E-state index in [0.29, 0.717) is 211 Å². The number of hydrogen-bond acceptors (Lipinski definition) is 10. The molecule has 4 N–H and O–H groups in total. The minimum Gasteiger partial charge on any atom is -0.491 e. The molecule has 21 rings (SSSR count). The van der Waals surface area contributed by atoms with Gasteiger partial charge in [0.25, 0.3) is 23.6 Å². The number of likely N-dealkylation sites (tertiary alicyclic amines) is 4.